The van der Waals surface area contributed by atoms with Crippen molar-refractivity contribution in [3.8, 4) is 5.69 Å². The summed E-state index contributed by atoms with van der Waals surface area (Å²) < 4.78 is 26.1. The molecule has 11 heteroatoms. The first-order valence-electron chi connectivity index (χ1n) is 7.18. The topological polar surface area (TPSA) is 99.2 Å². The molecule has 0 unspecified atom stereocenters. The van der Waals surface area contributed by atoms with Gasteiger partial charge in [0.1, 0.15) is 11.2 Å². The van der Waals surface area contributed by atoms with Gasteiger partial charge in [0.05, 0.1) is 15.4 Å². The Morgan fingerprint density at radius 1 is 1.12 bits per heavy atom. The number of hydrogen-bond acceptors (Lipinski definition) is 6. The molecule has 4 aromatic rings. The van der Waals surface area contributed by atoms with Gasteiger partial charge in [-0.3, -0.25) is 4.79 Å². The predicted molar refractivity (Wildman–Crippen MR) is 97.0 cm³/mol. The minimum Gasteiger partial charge on any atom is -0.267 e. The third kappa shape index (κ3) is 2.47. The Balaban J connectivity index is 2.22. The minimum atomic E-state index is -3.64. The van der Waals surface area contributed by atoms with Crippen LogP contribution in [0.4, 0.5) is 0 Å². The Hall–Kier alpha value is -2.49. The molecule has 0 spiro atoms. The molecule has 0 atom stereocenters. The zero-order valence-electron chi connectivity index (χ0n) is 13.1. The number of fused-ring (bicyclic) bond motifs is 3. The van der Waals surface area contributed by atoms with Crippen molar-refractivity contribution in [1.29, 1.82) is 0 Å². The number of imidazole rings is 1. The van der Waals surface area contributed by atoms with E-state index in [1.54, 1.807) is 18.2 Å². The molecule has 26 heavy (non-hydrogen) atoms. The molecule has 4 rings (SSSR count). The average molecular weight is 410 g/mol. The number of sulfone groups is 1. The first-order valence-corrected chi connectivity index (χ1v) is 9.83. The van der Waals surface area contributed by atoms with Gasteiger partial charge in [0.2, 0.25) is 15.0 Å². The molecule has 0 bridgehead atoms. The summed E-state index contributed by atoms with van der Waals surface area (Å²) in [6, 6.07) is 4.86. The standard InChI is InChI=1S/C15H9Cl2N5O3S/c1-26(24,25)15-19-7-8-11(20-15)13-18-5-6-21(13)22(14(8)23)12-9(16)3-2-4-10(12)17/h2-7H,1H3. The summed E-state index contributed by atoms with van der Waals surface area (Å²) in [7, 11) is -3.64. The van der Waals surface area contributed by atoms with Gasteiger partial charge in [0.15, 0.2) is 5.65 Å². The van der Waals surface area contributed by atoms with E-state index in [0.717, 1.165) is 12.5 Å². The lowest BCUT2D eigenvalue weighted by molar-refractivity contribution is 0.593. The Morgan fingerprint density at radius 2 is 1.81 bits per heavy atom. The highest BCUT2D eigenvalue weighted by molar-refractivity contribution is 7.90. The van der Waals surface area contributed by atoms with Gasteiger partial charge in [-0.15, -0.1) is 0 Å². The highest BCUT2D eigenvalue weighted by Gasteiger charge is 2.20. The van der Waals surface area contributed by atoms with Crippen molar-refractivity contribution in [2.24, 2.45) is 0 Å². The SMILES string of the molecule is CS(=O)(=O)c1ncc2c(=O)n(-c3c(Cl)cccc3Cl)n3ccnc3c2n1. The lowest BCUT2D eigenvalue weighted by atomic mass is 10.3. The van der Waals surface area contributed by atoms with Crippen molar-refractivity contribution >= 4 is 49.6 Å². The van der Waals surface area contributed by atoms with E-state index in [-0.39, 0.29) is 37.4 Å². The van der Waals surface area contributed by atoms with E-state index in [2.05, 4.69) is 15.0 Å². The Bertz CT molecular complexity index is 1340. The second kappa shape index (κ2) is 5.76. The van der Waals surface area contributed by atoms with Crippen molar-refractivity contribution < 1.29 is 8.42 Å². The second-order valence-electron chi connectivity index (χ2n) is 5.47. The number of nitrogens with zero attached hydrogens (tertiary/aromatic N) is 5. The smallest absolute Gasteiger partial charge is 0.267 e. The first kappa shape index (κ1) is 17.0. The maximum Gasteiger partial charge on any atom is 0.281 e. The van der Waals surface area contributed by atoms with Crippen molar-refractivity contribution in [3.05, 3.63) is 57.2 Å². The maximum absolute atomic E-state index is 13.1. The number of hydrogen-bond donors (Lipinski definition) is 0. The van der Waals surface area contributed by atoms with Crippen LogP contribution in [0.2, 0.25) is 10.0 Å². The van der Waals surface area contributed by atoms with Crippen molar-refractivity contribution in [3.63, 3.8) is 0 Å². The average Bonchev–Trinajstić information content (AvgIpc) is 3.05. The highest BCUT2D eigenvalue weighted by atomic mass is 35.5. The van der Waals surface area contributed by atoms with Gasteiger partial charge >= 0.3 is 0 Å². The molecule has 0 radical (unpaired) electrons. The molecular weight excluding hydrogens is 401 g/mol. The van der Waals surface area contributed by atoms with Gasteiger partial charge in [-0.05, 0) is 12.1 Å². The molecule has 0 aliphatic heterocycles. The molecule has 0 saturated carbocycles. The van der Waals surface area contributed by atoms with Gasteiger partial charge in [0.25, 0.3) is 5.56 Å². The van der Waals surface area contributed by atoms with Gasteiger partial charge < -0.3 is 0 Å². The third-order valence-corrected chi connectivity index (χ3v) is 5.19. The molecule has 0 saturated heterocycles. The van der Waals surface area contributed by atoms with E-state index >= 15 is 0 Å². The highest BCUT2D eigenvalue weighted by Crippen LogP contribution is 2.28. The number of aromatic nitrogens is 5. The Morgan fingerprint density at radius 3 is 2.46 bits per heavy atom. The van der Waals surface area contributed by atoms with Gasteiger partial charge in [-0.2, -0.15) is 0 Å². The largest absolute Gasteiger partial charge is 0.281 e. The van der Waals surface area contributed by atoms with Gasteiger partial charge in [-0.1, -0.05) is 29.3 Å². The van der Waals surface area contributed by atoms with Crippen LogP contribution in [0.25, 0.3) is 22.2 Å². The van der Waals surface area contributed by atoms with Crippen LogP contribution in [0.1, 0.15) is 0 Å². The molecule has 3 heterocycles. The first-order chi connectivity index (χ1) is 12.3. The van der Waals surface area contributed by atoms with Gasteiger partial charge in [0, 0.05) is 24.8 Å². The summed E-state index contributed by atoms with van der Waals surface area (Å²) in [5.41, 5.74) is 0.149. The van der Waals surface area contributed by atoms with E-state index in [4.69, 9.17) is 23.2 Å². The van der Waals surface area contributed by atoms with Gasteiger partial charge in [-0.25, -0.2) is 32.6 Å². The number of para-hydroxylation sites is 1. The number of rotatable bonds is 2. The fourth-order valence-electron chi connectivity index (χ4n) is 2.61. The Kier molecular flexibility index (Phi) is 3.76. The molecule has 3 aromatic heterocycles. The second-order valence-corrected chi connectivity index (χ2v) is 8.19. The van der Waals surface area contributed by atoms with Crippen molar-refractivity contribution in [1.82, 2.24) is 24.1 Å². The molecular formula is C15H9Cl2N5O3S. The zero-order chi connectivity index (χ0) is 18.6. The summed E-state index contributed by atoms with van der Waals surface area (Å²) in [5, 5.41) is 0.236. The molecule has 0 fully saturated rings. The van der Waals surface area contributed by atoms with E-state index in [9.17, 15) is 13.2 Å². The molecule has 132 valence electrons. The molecule has 0 aliphatic rings. The van der Waals surface area contributed by atoms with Crippen LogP contribution in [0.5, 0.6) is 0 Å². The van der Waals surface area contributed by atoms with Crippen LogP contribution in [0.15, 0.2) is 46.7 Å². The number of benzene rings is 1. The van der Waals surface area contributed by atoms with E-state index in [1.165, 1.54) is 21.6 Å². The normalized spacial score (nSPS) is 12.1. The van der Waals surface area contributed by atoms with Crippen LogP contribution in [-0.4, -0.2) is 38.8 Å². The molecule has 0 N–H and O–H groups in total. The van der Waals surface area contributed by atoms with E-state index in [1.807, 2.05) is 0 Å². The summed E-state index contributed by atoms with van der Waals surface area (Å²) in [6.07, 6.45) is 5.13. The van der Waals surface area contributed by atoms with Crippen molar-refractivity contribution in [2.45, 2.75) is 5.16 Å². The quantitative estimate of drug-likeness (QED) is 0.470. The van der Waals surface area contributed by atoms with Crippen LogP contribution < -0.4 is 5.56 Å². The summed E-state index contributed by atoms with van der Waals surface area (Å²) in [6.45, 7) is 0. The fraction of sp³-hybridized carbons (Fsp3) is 0.0667. The van der Waals surface area contributed by atoms with Crippen LogP contribution in [0.3, 0.4) is 0 Å². The minimum absolute atomic E-state index is 0.0899. The van der Waals surface area contributed by atoms with E-state index < -0.39 is 15.4 Å². The lowest BCUT2D eigenvalue weighted by Crippen LogP contribution is -2.26. The third-order valence-electron chi connectivity index (χ3n) is 3.72. The maximum atomic E-state index is 13.1. The summed E-state index contributed by atoms with van der Waals surface area (Å²) in [4.78, 5) is 25.1. The van der Waals surface area contributed by atoms with Crippen LogP contribution >= 0.6 is 23.2 Å². The predicted octanol–water partition coefficient (Wildman–Crippen LogP) is 2.14. The zero-order valence-corrected chi connectivity index (χ0v) is 15.4. The van der Waals surface area contributed by atoms with Crippen molar-refractivity contribution in [2.75, 3.05) is 6.26 Å². The summed E-state index contributed by atoms with van der Waals surface area (Å²) >= 11 is 12.5. The van der Waals surface area contributed by atoms with Crippen LogP contribution in [0, 0.1) is 0 Å². The molecule has 8 nitrogen and oxygen atoms in total. The summed E-state index contributed by atoms with van der Waals surface area (Å²) in [5.74, 6) is 0. The number of halogens is 2. The lowest BCUT2D eigenvalue weighted by Gasteiger charge is -2.14. The molecule has 0 amide bonds. The van der Waals surface area contributed by atoms with E-state index in [0.29, 0.717) is 0 Å². The molecule has 1 aromatic carbocycles. The Labute approximate surface area is 156 Å². The molecule has 0 aliphatic carbocycles. The monoisotopic (exact) mass is 409 g/mol. The fourth-order valence-corrected chi connectivity index (χ4v) is 3.67. The van der Waals surface area contributed by atoms with Crippen LogP contribution in [-0.2, 0) is 9.84 Å².